The average Bonchev–Trinajstić information content (AvgIpc) is 2.55. The van der Waals surface area contributed by atoms with Gasteiger partial charge in [0.25, 0.3) is 0 Å². The predicted molar refractivity (Wildman–Crippen MR) is 84.5 cm³/mol. The summed E-state index contributed by atoms with van der Waals surface area (Å²) in [6.45, 7) is 2.64. The van der Waals surface area contributed by atoms with Gasteiger partial charge in [0.15, 0.2) is 0 Å². The Balaban J connectivity index is 1.72. The first-order valence-electron chi connectivity index (χ1n) is 7.75. The summed E-state index contributed by atoms with van der Waals surface area (Å²) in [6.07, 6.45) is 2.68. The number of fused-ring (bicyclic) bond motifs is 1. The smallest absolute Gasteiger partial charge is 0.119 e. The minimum absolute atomic E-state index is 0.304. The monoisotopic (exact) mass is 282 g/mol. The molecule has 0 amide bonds. The van der Waals surface area contributed by atoms with Gasteiger partial charge in [0.2, 0.25) is 0 Å². The molecule has 1 aliphatic carbocycles. The molecule has 2 heteroatoms. The Morgan fingerprint density at radius 1 is 1.10 bits per heavy atom. The maximum absolute atomic E-state index is 10.7. The van der Waals surface area contributed by atoms with E-state index in [1.807, 2.05) is 31.2 Å². The van der Waals surface area contributed by atoms with Gasteiger partial charge < -0.3 is 9.84 Å². The molecule has 0 fully saturated rings. The molecule has 3 rings (SSSR count). The van der Waals surface area contributed by atoms with Gasteiger partial charge in [-0.3, -0.25) is 0 Å². The van der Waals surface area contributed by atoms with Crippen molar-refractivity contribution in [3.8, 4) is 5.75 Å². The molecule has 0 aromatic heterocycles. The molecular weight excluding hydrogens is 260 g/mol. The second-order valence-corrected chi connectivity index (χ2v) is 5.72. The standard InChI is InChI=1S/C19H22O2/c1-2-21-18-11-9-15(10-12-18)19(20)17-8-7-14-5-3-4-6-16(14)13-17/h3-6,9-12,17,19-20H,2,7-8,13H2,1H3. The quantitative estimate of drug-likeness (QED) is 0.921. The van der Waals surface area contributed by atoms with Crippen molar-refractivity contribution in [2.24, 2.45) is 5.92 Å². The van der Waals surface area contributed by atoms with E-state index in [0.29, 0.717) is 12.5 Å². The second kappa shape index (κ2) is 6.31. The van der Waals surface area contributed by atoms with E-state index in [1.165, 1.54) is 11.1 Å². The zero-order valence-electron chi connectivity index (χ0n) is 12.5. The van der Waals surface area contributed by atoms with E-state index < -0.39 is 6.10 Å². The number of rotatable bonds is 4. The van der Waals surface area contributed by atoms with E-state index in [9.17, 15) is 5.11 Å². The highest BCUT2D eigenvalue weighted by atomic mass is 16.5. The van der Waals surface area contributed by atoms with E-state index >= 15 is 0 Å². The lowest BCUT2D eigenvalue weighted by atomic mass is 9.79. The molecule has 0 saturated carbocycles. The van der Waals surface area contributed by atoms with E-state index in [2.05, 4.69) is 24.3 Å². The van der Waals surface area contributed by atoms with Crippen LogP contribution in [0, 0.1) is 5.92 Å². The molecule has 0 spiro atoms. The average molecular weight is 282 g/mol. The van der Waals surface area contributed by atoms with Crippen LogP contribution in [-0.2, 0) is 12.8 Å². The van der Waals surface area contributed by atoms with Gasteiger partial charge in [0, 0.05) is 0 Å². The SMILES string of the molecule is CCOc1ccc(C(O)C2CCc3ccccc3C2)cc1. The first-order chi connectivity index (χ1) is 10.3. The molecule has 0 bridgehead atoms. The van der Waals surface area contributed by atoms with Crippen molar-refractivity contribution < 1.29 is 9.84 Å². The topological polar surface area (TPSA) is 29.5 Å². The summed E-state index contributed by atoms with van der Waals surface area (Å²) < 4.78 is 5.45. The summed E-state index contributed by atoms with van der Waals surface area (Å²) in [4.78, 5) is 0. The van der Waals surface area contributed by atoms with Gasteiger partial charge >= 0.3 is 0 Å². The molecule has 0 saturated heterocycles. The van der Waals surface area contributed by atoms with Crippen molar-refractivity contribution in [1.82, 2.24) is 0 Å². The number of ether oxygens (including phenoxy) is 1. The van der Waals surface area contributed by atoms with Gasteiger partial charge in [0.05, 0.1) is 12.7 Å². The fraction of sp³-hybridized carbons (Fsp3) is 0.368. The largest absolute Gasteiger partial charge is 0.494 e. The van der Waals surface area contributed by atoms with Crippen LogP contribution >= 0.6 is 0 Å². The summed E-state index contributed by atoms with van der Waals surface area (Å²) in [5.41, 5.74) is 3.81. The summed E-state index contributed by atoms with van der Waals surface area (Å²) in [6, 6.07) is 16.4. The fourth-order valence-electron chi connectivity index (χ4n) is 3.20. The first kappa shape index (κ1) is 14.2. The highest BCUT2D eigenvalue weighted by molar-refractivity contribution is 5.32. The minimum Gasteiger partial charge on any atom is -0.494 e. The van der Waals surface area contributed by atoms with Crippen LogP contribution in [-0.4, -0.2) is 11.7 Å². The predicted octanol–water partition coefficient (Wildman–Crippen LogP) is 3.92. The zero-order valence-corrected chi connectivity index (χ0v) is 12.5. The Morgan fingerprint density at radius 2 is 1.81 bits per heavy atom. The number of benzene rings is 2. The third-order valence-corrected chi connectivity index (χ3v) is 4.36. The number of aryl methyl sites for hydroxylation is 1. The molecular formula is C19H22O2. The molecule has 2 unspecified atom stereocenters. The molecule has 0 heterocycles. The van der Waals surface area contributed by atoms with Crippen molar-refractivity contribution in [1.29, 1.82) is 0 Å². The highest BCUT2D eigenvalue weighted by Crippen LogP contribution is 2.34. The van der Waals surface area contributed by atoms with Crippen LogP contribution < -0.4 is 4.74 Å². The van der Waals surface area contributed by atoms with E-state index in [4.69, 9.17) is 4.74 Å². The molecule has 0 aliphatic heterocycles. The Kier molecular flexibility index (Phi) is 4.26. The van der Waals surface area contributed by atoms with Gasteiger partial charge in [0.1, 0.15) is 5.75 Å². The minimum atomic E-state index is -0.394. The van der Waals surface area contributed by atoms with Crippen LogP contribution in [0.2, 0.25) is 0 Å². The van der Waals surface area contributed by atoms with Crippen molar-refractivity contribution in [3.63, 3.8) is 0 Å². The van der Waals surface area contributed by atoms with E-state index in [-0.39, 0.29) is 0 Å². The Bertz CT molecular complexity index is 589. The zero-order chi connectivity index (χ0) is 14.7. The Morgan fingerprint density at radius 3 is 2.52 bits per heavy atom. The van der Waals surface area contributed by atoms with Gasteiger partial charge in [-0.05, 0) is 60.9 Å². The van der Waals surface area contributed by atoms with E-state index in [1.54, 1.807) is 0 Å². The molecule has 0 radical (unpaired) electrons. The third kappa shape index (κ3) is 3.11. The maximum Gasteiger partial charge on any atom is 0.119 e. The molecule has 2 atom stereocenters. The van der Waals surface area contributed by atoms with Crippen LogP contribution in [0.1, 0.15) is 36.1 Å². The van der Waals surface area contributed by atoms with Gasteiger partial charge in [-0.1, -0.05) is 36.4 Å². The van der Waals surface area contributed by atoms with Crippen LogP contribution in [0.4, 0.5) is 0 Å². The highest BCUT2D eigenvalue weighted by Gasteiger charge is 2.25. The summed E-state index contributed by atoms with van der Waals surface area (Å²) in [7, 11) is 0. The summed E-state index contributed by atoms with van der Waals surface area (Å²) in [5, 5.41) is 10.7. The molecule has 2 aromatic rings. The normalized spacial score (nSPS) is 18.9. The van der Waals surface area contributed by atoms with Gasteiger partial charge in [-0.25, -0.2) is 0 Å². The van der Waals surface area contributed by atoms with Crippen molar-refractivity contribution in [2.45, 2.75) is 32.3 Å². The third-order valence-electron chi connectivity index (χ3n) is 4.36. The van der Waals surface area contributed by atoms with Crippen molar-refractivity contribution >= 4 is 0 Å². The van der Waals surface area contributed by atoms with Gasteiger partial charge in [-0.15, -0.1) is 0 Å². The number of aliphatic hydroxyl groups is 1. The number of hydrogen-bond acceptors (Lipinski definition) is 2. The summed E-state index contributed by atoms with van der Waals surface area (Å²) in [5.74, 6) is 1.17. The Labute approximate surface area is 126 Å². The molecule has 1 N–H and O–H groups in total. The van der Waals surface area contributed by atoms with Crippen molar-refractivity contribution in [3.05, 3.63) is 65.2 Å². The molecule has 21 heavy (non-hydrogen) atoms. The number of aliphatic hydroxyl groups excluding tert-OH is 1. The van der Waals surface area contributed by atoms with Crippen LogP contribution in [0.5, 0.6) is 5.75 Å². The van der Waals surface area contributed by atoms with Gasteiger partial charge in [-0.2, -0.15) is 0 Å². The number of hydrogen-bond donors (Lipinski definition) is 1. The summed E-state index contributed by atoms with van der Waals surface area (Å²) >= 11 is 0. The lowest BCUT2D eigenvalue weighted by Crippen LogP contribution is -2.21. The first-order valence-corrected chi connectivity index (χ1v) is 7.75. The molecule has 2 nitrogen and oxygen atoms in total. The van der Waals surface area contributed by atoms with Crippen LogP contribution in [0.15, 0.2) is 48.5 Å². The lowest BCUT2D eigenvalue weighted by Gasteiger charge is -2.28. The second-order valence-electron chi connectivity index (χ2n) is 5.72. The fourth-order valence-corrected chi connectivity index (χ4v) is 3.20. The molecule has 2 aromatic carbocycles. The molecule has 110 valence electrons. The Hall–Kier alpha value is -1.80. The molecule has 1 aliphatic rings. The van der Waals surface area contributed by atoms with Crippen molar-refractivity contribution in [2.75, 3.05) is 6.61 Å². The lowest BCUT2D eigenvalue weighted by molar-refractivity contribution is 0.0994. The van der Waals surface area contributed by atoms with Crippen LogP contribution in [0.3, 0.4) is 0 Å². The van der Waals surface area contributed by atoms with E-state index in [0.717, 1.165) is 30.6 Å². The van der Waals surface area contributed by atoms with Crippen LogP contribution in [0.25, 0.3) is 0 Å². The maximum atomic E-state index is 10.7.